The number of benzene rings is 2. The molecular formula is C18H20FN3O2. The lowest BCUT2D eigenvalue weighted by Gasteiger charge is -2.30. The second-order valence-electron chi connectivity index (χ2n) is 5.79. The van der Waals surface area contributed by atoms with Gasteiger partial charge in [-0.2, -0.15) is 0 Å². The molecule has 1 fully saturated rings. The first-order chi connectivity index (χ1) is 11.5. The highest BCUT2D eigenvalue weighted by molar-refractivity contribution is 6.06. The third-order valence-corrected chi connectivity index (χ3v) is 4.07. The Balaban J connectivity index is 1.84. The fraction of sp³-hybridized carbons (Fsp3) is 0.278. The van der Waals surface area contributed by atoms with Crippen LogP contribution in [0.15, 0.2) is 36.4 Å². The lowest BCUT2D eigenvalue weighted by atomic mass is 10.1. The zero-order valence-electron chi connectivity index (χ0n) is 13.5. The van der Waals surface area contributed by atoms with E-state index >= 15 is 0 Å². The zero-order chi connectivity index (χ0) is 17.1. The van der Waals surface area contributed by atoms with Crippen LogP contribution >= 0.6 is 0 Å². The second kappa shape index (κ2) is 6.88. The lowest BCUT2D eigenvalue weighted by molar-refractivity contribution is 0.102. The van der Waals surface area contributed by atoms with Crippen molar-refractivity contribution in [2.75, 3.05) is 42.3 Å². The van der Waals surface area contributed by atoms with E-state index in [1.807, 2.05) is 19.1 Å². The van der Waals surface area contributed by atoms with Crippen LogP contribution in [0.5, 0.6) is 0 Å². The largest absolute Gasteiger partial charge is 0.397 e. The maximum atomic E-state index is 13.0. The minimum atomic E-state index is -0.379. The monoisotopic (exact) mass is 329 g/mol. The molecule has 24 heavy (non-hydrogen) atoms. The average Bonchev–Trinajstić information content (AvgIpc) is 2.58. The quantitative estimate of drug-likeness (QED) is 0.850. The number of aryl methyl sites for hydroxylation is 1. The number of amides is 1. The normalized spacial score (nSPS) is 14.5. The molecule has 0 aliphatic carbocycles. The molecule has 3 N–H and O–H groups in total. The first kappa shape index (κ1) is 16.3. The molecule has 2 aromatic carbocycles. The van der Waals surface area contributed by atoms with Crippen LogP contribution < -0.4 is 16.0 Å². The number of nitrogen functional groups attached to an aromatic ring is 1. The van der Waals surface area contributed by atoms with Gasteiger partial charge in [0, 0.05) is 24.3 Å². The first-order valence-electron chi connectivity index (χ1n) is 7.84. The maximum Gasteiger partial charge on any atom is 0.255 e. The fourth-order valence-corrected chi connectivity index (χ4v) is 2.77. The zero-order valence-corrected chi connectivity index (χ0v) is 13.5. The fourth-order valence-electron chi connectivity index (χ4n) is 2.77. The molecule has 3 rings (SSSR count). The third-order valence-electron chi connectivity index (χ3n) is 4.07. The topological polar surface area (TPSA) is 67.6 Å². The summed E-state index contributed by atoms with van der Waals surface area (Å²) in [6, 6.07) is 9.14. The van der Waals surface area contributed by atoms with Crippen molar-refractivity contribution in [2.45, 2.75) is 6.92 Å². The van der Waals surface area contributed by atoms with Gasteiger partial charge in [-0.1, -0.05) is 0 Å². The van der Waals surface area contributed by atoms with Crippen LogP contribution in [0.3, 0.4) is 0 Å². The minimum absolute atomic E-state index is 0.321. The van der Waals surface area contributed by atoms with Gasteiger partial charge in [-0.15, -0.1) is 0 Å². The highest BCUT2D eigenvalue weighted by Gasteiger charge is 2.16. The molecule has 0 unspecified atom stereocenters. The summed E-state index contributed by atoms with van der Waals surface area (Å²) < 4.78 is 18.4. The van der Waals surface area contributed by atoms with Crippen molar-refractivity contribution < 1.29 is 13.9 Å². The van der Waals surface area contributed by atoms with Crippen LogP contribution in [0.25, 0.3) is 0 Å². The number of carbonyl (C=O) groups excluding carboxylic acids is 1. The molecule has 0 spiro atoms. The number of hydrogen-bond donors (Lipinski definition) is 2. The predicted molar refractivity (Wildman–Crippen MR) is 93.0 cm³/mol. The molecule has 0 atom stereocenters. The van der Waals surface area contributed by atoms with Gasteiger partial charge in [0.1, 0.15) is 5.82 Å². The lowest BCUT2D eigenvalue weighted by Crippen LogP contribution is -2.36. The van der Waals surface area contributed by atoms with E-state index in [9.17, 15) is 9.18 Å². The number of morpholine rings is 1. The molecule has 0 saturated carbocycles. The van der Waals surface area contributed by atoms with Crippen molar-refractivity contribution in [2.24, 2.45) is 0 Å². The Labute approximate surface area is 140 Å². The Morgan fingerprint density at radius 3 is 2.54 bits per heavy atom. The van der Waals surface area contributed by atoms with E-state index in [0.717, 1.165) is 24.3 Å². The van der Waals surface area contributed by atoms with Crippen molar-refractivity contribution in [3.05, 3.63) is 53.3 Å². The number of hydrogen-bond acceptors (Lipinski definition) is 4. The Morgan fingerprint density at radius 1 is 1.21 bits per heavy atom. The molecule has 1 aliphatic heterocycles. The number of nitrogens with one attached hydrogen (secondary N) is 1. The van der Waals surface area contributed by atoms with Gasteiger partial charge in [0.05, 0.1) is 24.6 Å². The Hall–Kier alpha value is -2.60. The standard InChI is InChI=1S/C18H20FN3O2/c1-12-10-15(20)16(11-17(12)22-6-8-24-9-7-22)21-18(23)13-2-4-14(19)5-3-13/h2-5,10-11H,6-9,20H2,1H3,(H,21,23). The first-order valence-corrected chi connectivity index (χ1v) is 7.84. The van der Waals surface area contributed by atoms with Crippen molar-refractivity contribution in [1.29, 1.82) is 0 Å². The van der Waals surface area contributed by atoms with Crippen LogP contribution in [0.4, 0.5) is 21.5 Å². The summed E-state index contributed by atoms with van der Waals surface area (Å²) in [6.45, 7) is 4.96. The Bertz CT molecular complexity index is 741. The smallest absolute Gasteiger partial charge is 0.255 e. The van der Waals surface area contributed by atoms with Crippen LogP contribution in [0.2, 0.25) is 0 Å². The number of anilines is 3. The summed E-state index contributed by atoms with van der Waals surface area (Å²) in [5.74, 6) is -0.700. The summed E-state index contributed by atoms with van der Waals surface area (Å²) in [5.41, 5.74) is 9.56. The minimum Gasteiger partial charge on any atom is -0.397 e. The van der Waals surface area contributed by atoms with Crippen LogP contribution in [0.1, 0.15) is 15.9 Å². The second-order valence-corrected chi connectivity index (χ2v) is 5.79. The average molecular weight is 329 g/mol. The van der Waals surface area contributed by atoms with Crippen molar-refractivity contribution >= 4 is 23.0 Å². The van der Waals surface area contributed by atoms with Gasteiger partial charge in [-0.25, -0.2) is 4.39 Å². The molecule has 5 nitrogen and oxygen atoms in total. The number of carbonyl (C=O) groups is 1. The van der Waals surface area contributed by atoms with Gasteiger partial charge in [0.15, 0.2) is 0 Å². The predicted octanol–water partition coefficient (Wildman–Crippen LogP) is 2.81. The van der Waals surface area contributed by atoms with Gasteiger partial charge in [-0.3, -0.25) is 4.79 Å². The third kappa shape index (κ3) is 3.49. The molecule has 1 saturated heterocycles. The molecule has 0 aromatic heterocycles. The number of rotatable bonds is 3. The molecule has 0 bridgehead atoms. The van der Waals surface area contributed by atoms with Crippen molar-refractivity contribution in [3.8, 4) is 0 Å². The number of halogens is 1. The summed E-state index contributed by atoms with van der Waals surface area (Å²) in [4.78, 5) is 14.5. The van der Waals surface area contributed by atoms with E-state index < -0.39 is 0 Å². The molecule has 6 heteroatoms. The highest BCUT2D eigenvalue weighted by atomic mass is 19.1. The number of nitrogens with zero attached hydrogens (tertiary/aromatic N) is 1. The van der Waals surface area contributed by atoms with Crippen LogP contribution in [-0.2, 0) is 4.74 Å². The van der Waals surface area contributed by atoms with Gasteiger partial charge < -0.3 is 20.7 Å². The number of ether oxygens (including phenoxy) is 1. The van der Waals surface area contributed by atoms with Crippen LogP contribution in [0, 0.1) is 12.7 Å². The highest BCUT2D eigenvalue weighted by Crippen LogP contribution is 2.30. The van der Waals surface area contributed by atoms with E-state index in [2.05, 4.69) is 10.2 Å². The van der Waals surface area contributed by atoms with E-state index in [1.54, 1.807) is 0 Å². The van der Waals surface area contributed by atoms with Crippen LogP contribution in [-0.4, -0.2) is 32.2 Å². The maximum absolute atomic E-state index is 13.0. The molecule has 1 aliphatic rings. The summed E-state index contributed by atoms with van der Waals surface area (Å²) >= 11 is 0. The van der Waals surface area contributed by atoms with E-state index in [0.29, 0.717) is 30.2 Å². The summed E-state index contributed by atoms with van der Waals surface area (Å²) in [6.07, 6.45) is 0. The van der Waals surface area contributed by atoms with Gasteiger partial charge in [-0.05, 0) is 48.9 Å². The van der Waals surface area contributed by atoms with Gasteiger partial charge in [0.2, 0.25) is 0 Å². The molecule has 126 valence electrons. The SMILES string of the molecule is Cc1cc(N)c(NC(=O)c2ccc(F)cc2)cc1N1CCOCC1. The van der Waals surface area contributed by atoms with E-state index in [-0.39, 0.29) is 11.7 Å². The molecule has 1 heterocycles. The summed E-state index contributed by atoms with van der Waals surface area (Å²) in [5, 5.41) is 2.81. The van der Waals surface area contributed by atoms with Gasteiger partial charge >= 0.3 is 0 Å². The van der Waals surface area contributed by atoms with Gasteiger partial charge in [0.25, 0.3) is 5.91 Å². The molecule has 1 amide bonds. The van der Waals surface area contributed by atoms with E-state index in [1.165, 1.54) is 24.3 Å². The molecule has 0 radical (unpaired) electrons. The Morgan fingerprint density at radius 2 is 1.88 bits per heavy atom. The van der Waals surface area contributed by atoms with Crippen molar-refractivity contribution in [3.63, 3.8) is 0 Å². The Kier molecular flexibility index (Phi) is 4.66. The van der Waals surface area contributed by atoms with E-state index in [4.69, 9.17) is 10.5 Å². The van der Waals surface area contributed by atoms with Crippen molar-refractivity contribution in [1.82, 2.24) is 0 Å². The summed E-state index contributed by atoms with van der Waals surface area (Å²) in [7, 11) is 0. The molecule has 2 aromatic rings. The number of nitrogens with two attached hydrogens (primary N) is 1. The molecular weight excluding hydrogens is 309 g/mol.